The van der Waals surface area contributed by atoms with E-state index in [0.717, 1.165) is 6.07 Å². The topological polar surface area (TPSA) is 127 Å². The third-order valence-corrected chi connectivity index (χ3v) is 4.16. The number of carbonyl (C=O) groups excluding carboxylic acids is 2. The fourth-order valence-corrected chi connectivity index (χ4v) is 2.69. The van der Waals surface area contributed by atoms with Gasteiger partial charge in [-0.15, -0.1) is 0 Å². The summed E-state index contributed by atoms with van der Waals surface area (Å²) in [6, 6.07) is 10.3. The fourth-order valence-electron chi connectivity index (χ4n) is 2.69. The molecule has 5 N–H and O–H groups in total. The van der Waals surface area contributed by atoms with Crippen LogP contribution in [0.4, 0.5) is 15.8 Å². The molecule has 0 aliphatic carbocycles. The van der Waals surface area contributed by atoms with Gasteiger partial charge in [-0.2, -0.15) is 0 Å². The normalized spacial score (nSPS) is 10.6. The van der Waals surface area contributed by atoms with E-state index >= 15 is 0 Å². The molecular formula is C20H19FN4O4. The van der Waals surface area contributed by atoms with Crippen LogP contribution in [0.2, 0.25) is 0 Å². The van der Waals surface area contributed by atoms with E-state index < -0.39 is 18.3 Å². The van der Waals surface area contributed by atoms with Crippen molar-refractivity contribution in [3.63, 3.8) is 0 Å². The van der Waals surface area contributed by atoms with Crippen molar-refractivity contribution < 1.29 is 19.1 Å². The molecule has 0 saturated carbocycles. The highest BCUT2D eigenvalue weighted by atomic mass is 19.1. The smallest absolute Gasteiger partial charge is 0.323 e. The first-order chi connectivity index (χ1) is 13.9. The first kappa shape index (κ1) is 20.0. The molecule has 9 heteroatoms. The number of carbonyl (C=O) groups is 2. The molecule has 29 heavy (non-hydrogen) atoms. The fraction of sp³-hybridized carbons (Fsp3) is 0.150. The van der Waals surface area contributed by atoms with Gasteiger partial charge < -0.3 is 25.7 Å². The monoisotopic (exact) mass is 398 g/mol. The molecule has 0 spiro atoms. The van der Waals surface area contributed by atoms with Crippen LogP contribution >= 0.6 is 0 Å². The summed E-state index contributed by atoms with van der Waals surface area (Å²) >= 11 is 0. The lowest BCUT2D eigenvalue weighted by Gasteiger charge is -2.10. The van der Waals surface area contributed by atoms with Gasteiger partial charge in [0.05, 0.1) is 6.61 Å². The number of nitrogens with one attached hydrogen (secondary N) is 4. The maximum absolute atomic E-state index is 13.5. The van der Waals surface area contributed by atoms with E-state index in [1.165, 1.54) is 18.3 Å². The molecule has 0 radical (unpaired) electrons. The van der Waals surface area contributed by atoms with Crippen molar-refractivity contribution in [2.45, 2.75) is 19.4 Å². The van der Waals surface area contributed by atoms with Crippen LogP contribution in [0, 0.1) is 5.82 Å². The van der Waals surface area contributed by atoms with Crippen LogP contribution in [0.25, 0.3) is 0 Å². The second-order valence-electron chi connectivity index (χ2n) is 6.32. The number of aromatic amines is 2. The van der Waals surface area contributed by atoms with Crippen molar-refractivity contribution in [2.75, 3.05) is 10.6 Å². The molecule has 0 aliphatic heterocycles. The Kier molecular flexibility index (Phi) is 6.20. The Balaban J connectivity index is 1.60. The summed E-state index contributed by atoms with van der Waals surface area (Å²) in [4.78, 5) is 40.5. The zero-order chi connectivity index (χ0) is 20.8. The lowest BCUT2D eigenvalue weighted by Crippen LogP contribution is -2.14. The van der Waals surface area contributed by atoms with E-state index in [4.69, 9.17) is 5.11 Å². The molecule has 0 atom stereocenters. The van der Waals surface area contributed by atoms with E-state index in [0.29, 0.717) is 23.5 Å². The van der Waals surface area contributed by atoms with Gasteiger partial charge in [-0.3, -0.25) is 9.59 Å². The van der Waals surface area contributed by atoms with Crippen LogP contribution in [-0.4, -0.2) is 26.9 Å². The van der Waals surface area contributed by atoms with E-state index in [9.17, 15) is 18.8 Å². The Bertz CT molecular complexity index is 1090. The molecule has 0 unspecified atom stereocenters. The van der Waals surface area contributed by atoms with Crippen LogP contribution in [0.15, 0.2) is 53.5 Å². The van der Waals surface area contributed by atoms with E-state index in [1.54, 1.807) is 24.3 Å². The average Bonchev–Trinajstić information content (AvgIpc) is 3.12. The molecule has 0 bridgehead atoms. The van der Waals surface area contributed by atoms with Gasteiger partial charge in [0, 0.05) is 40.8 Å². The quantitative estimate of drug-likeness (QED) is 0.418. The minimum Gasteiger partial charge on any atom is -0.392 e. The number of rotatable bonds is 7. The summed E-state index contributed by atoms with van der Waals surface area (Å²) in [5.74, 6) is -1.31. The number of aromatic nitrogens is 2. The van der Waals surface area contributed by atoms with E-state index in [2.05, 4.69) is 20.6 Å². The van der Waals surface area contributed by atoms with Crippen molar-refractivity contribution >= 4 is 23.2 Å². The van der Waals surface area contributed by atoms with Gasteiger partial charge in [-0.1, -0.05) is 6.07 Å². The minimum absolute atomic E-state index is 0.0300. The lowest BCUT2D eigenvalue weighted by molar-refractivity contribution is -0.116. The van der Waals surface area contributed by atoms with Crippen LogP contribution < -0.4 is 16.3 Å². The largest absolute Gasteiger partial charge is 0.392 e. The number of benzene rings is 2. The van der Waals surface area contributed by atoms with E-state index in [1.807, 2.05) is 0 Å². The molecule has 3 aromatic rings. The second-order valence-corrected chi connectivity index (χ2v) is 6.32. The van der Waals surface area contributed by atoms with Crippen LogP contribution in [0.3, 0.4) is 0 Å². The van der Waals surface area contributed by atoms with Gasteiger partial charge in [0.2, 0.25) is 5.91 Å². The van der Waals surface area contributed by atoms with Crippen LogP contribution in [-0.2, 0) is 17.8 Å². The average molecular weight is 398 g/mol. The Morgan fingerprint density at radius 1 is 1.07 bits per heavy atom. The Hall–Kier alpha value is -3.72. The first-order valence-electron chi connectivity index (χ1n) is 8.81. The number of amides is 2. The molecular weight excluding hydrogens is 379 g/mol. The summed E-state index contributed by atoms with van der Waals surface area (Å²) in [6.45, 7) is -0.509. The maximum atomic E-state index is 13.5. The number of aryl methyl sites for hydroxylation is 1. The standard InChI is InChI=1S/C20H19FN4O4/c21-17-6-4-12(8-13(17)11-26)19(28)24-15-3-1-2-14(9-15)23-18(27)7-5-16-10-22-20(29)25-16/h1-4,6,8-10,26H,5,7,11H2,(H,23,27)(H,24,28)(H2,22,25,29). The Morgan fingerprint density at radius 2 is 1.83 bits per heavy atom. The van der Waals surface area contributed by atoms with Crippen molar-refractivity contribution in [1.82, 2.24) is 9.97 Å². The third kappa shape index (κ3) is 5.39. The zero-order valence-corrected chi connectivity index (χ0v) is 15.3. The minimum atomic E-state index is -0.586. The number of anilines is 2. The van der Waals surface area contributed by atoms with Gasteiger partial charge in [-0.25, -0.2) is 9.18 Å². The Morgan fingerprint density at radius 3 is 2.52 bits per heavy atom. The molecule has 1 heterocycles. The van der Waals surface area contributed by atoms with Crippen molar-refractivity contribution in [2.24, 2.45) is 0 Å². The molecule has 2 aromatic carbocycles. The molecule has 8 nitrogen and oxygen atoms in total. The highest BCUT2D eigenvalue weighted by molar-refractivity contribution is 6.04. The number of H-pyrrole nitrogens is 2. The molecule has 150 valence electrons. The SMILES string of the molecule is O=C(CCc1c[nH]c(=O)[nH]1)Nc1cccc(NC(=O)c2ccc(F)c(CO)c2)c1. The number of imidazole rings is 1. The van der Waals surface area contributed by atoms with Gasteiger partial charge in [0.25, 0.3) is 5.91 Å². The second kappa shape index (κ2) is 8.98. The summed E-state index contributed by atoms with van der Waals surface area (Å²) in [5.41, 5.74) is 1.47. The van der Waals surface area contributed by atoms with Gasteiger partial charge in [0.1, 0.15) is 5.82 Å². The molecule has 0 aliphatic rings. The Labute approximate surface area is 164 Å². The molecule has 0 saturated heterocycles. The summed E-state index contributed by atoms with van der Waals surface area (Å²) in [5, 5.41) is 14.5. The summed E-state index contributed by atoms with van der Waals surface area (Å²) < 4.78 is 13.5. The lowest BCUT2D eigenvalue weighted by atomic mass is 10.1. The molecule has 1 aromatic heterocycles. The number of hydrogen-bond acceptors (Lipinski definition) is 4. The number of hydrogen-bond donors (Lipinski definition) is 5. The highest BCUT2D eigenvalue weighted by Crippen LogP contribution is 2.18. The van der Waals surface area contributed by atoms with Crippen molar-refractivity contribution in [3.8, 4) is 0 Å². The van der Waals surface area contributed by atoms with E-state index in [-0.39, 0.29) is 29.1 Å². The van der Waals surface area contributed by atoms with Crippen LogP contribution in [0.5, 0.6) is 0 Å². The predicted octanol–water partition coefficient (Wildman–Crippen LogP) is 2.16. The number of aliphatic hydroxyl groups is 1. The van der Waals surface area contributed by atoms with Crippen molar-refractivity contribution in [1.29, 1.82) is 0 Å². The molecule has 3 rings (SSSR count). The number of halogens is 1. The third-order valence-electron chi connectivity index (χ3n) is 4.16. The molecule has 2 amide bonds. The first-order valence-corrected chi connectivity index (χ1v) is 8.81. The zero-order valence-electron chi connectivity index (χ0n) is 15.3. The highest BCUT2D eigenvalue weighted by Gasteiger charge is 2.11. The summed E-state index contributed by atoms with van der Waals surface area (Å²) in [7, 11) is 0. The number of aliphatic hydroxyl groups excluding tert-OH is 1. The van der Waals surface area contributed by atoms with Gasteiger partial charge >= 0.3 is 5.69 Å². The predicted molar refractivity (Wildman–Crippen MR) is 105 cm³/mol. The van der Waals surface area contributed by atoms with Gasteiger partial charge in [0.15, 0.2) is 0 Å². The van der Waals surface area contributed by atoms with Crippen LogP contribution in [0.1, 0.15) is 28.0 Å². The van der Waals surface area contributed by atoms with Crippen molar-refractivity contribution in [3.05, 3.63) is 81.8 Å². The summed E-state index contributed by atoms with van der Waals surface area (Å²) in [6.07, 6.45) is 2.06. The van der Waals surface area contributed by atoms with Gasteiger partial charge in [-0.05, 0) is 42.8 Å². The maximum Gasteiger partial charge on any atom is 0.323 e. The molecule has 0 fully saturated rings.